The summed E-state index contributed by atoms with van der Waals surface area (Å²) in [5.74, 6) is 2.03. The number of nitrogens with one attached hydrogen (secondary N) is 2. The van der Waals surface area contributed by atoms with Gasteiger partial charge in [-0.15, -0.1) is 0 Å². The monoisotopic (exact) mass is 533 g/mol. The zero-order valence-corrected chi connectivity index (χ0v) is 22.0. The van der Waals surface area contributed by atoms with Crippen molar-refractivity contribution in [1.82, 2.24) is 24.8 Å². The Hall–Kier alpha value is -3.69. The summed E-state index contributed by atoms with van der Waals surface area (Å²) in [5, 5.41) is 7.21. The molecular weight excluding hydrogens is 505 g/mol. The van der Waals surface area contributed by atoms with Crippen LogP contribution < -0.4 is 20.3 Å². The second-order valence-corrected chi connectivity index (χ2v) is 10.1. The molecule has 2 atom stereocenters. The van der Waals surface area contributed by atoms with Gasteiger partial charge < -0.3 is 24.8 Å². The molecule has 0 radical (unpaired) electrons. The lowest BCUT2D eigenvalue weighted by Gasteiger charge is -2.22. The molecule has 2 aromatic carbocycles. The average molecular weight is 534 g/mol. The normalized spacial score (nSPS) is 18.6. The van der Waals surface area contributed by atoms with Crippen LogP contribution in [0.3, 0.4) is 0 Å². The van der Waals surface area contributed by atoms with Gasteiger partial charge in [-0.2, -0.15) is 4.98 Å². The first kappa shape index (κ1) is 24.6. The van der Waals surface area contributed by atoms with E-state index in [0.29, 0.717) is 22.9 Å². The van der Waals surface area contributed by atoms with E-state index >= 15 is 0 Å². The van der Waals surface area contributed by atoms with E-state index < -0.39 is 0 Å². The summed E-state index contributed by atoms with van der Waals surface area (Å²) in [6, 6.07) is 13.0. The third-order valence-electron chi connectivity index (χ3n) is 7.46. The predicted octanol–water partition coefficient (Wildman–Crippen LogP) is 5.08. The molecule has 8 nitrogen and oxygen atoms in total. The number of hydrogen-bond donors (Lipinski definition) is 2. The summed E-state index contributed by atoms with van der Waals surface area (Å²) in [4.78, 5) is 16.5. The summed E-state index contributed by atoms with van der Waals surface area (Å²) >= 11 is 6.01. The summed E-state index contributed by atoms with van der Waals surface area (Å²) < 4.78 is 21.1. The molecule has 1 fully saturated rings. The topological polar surface area (TPSA) is 80.1 Å². The molecule has 2 unspecified atom stereocenters. The summed E-state index contributed by atoms with van der Waals surface area (Å²) in [7, 11) is 3.63. The molecule has 196 valence electrons. The quantitative estimate of drug-likeness (QED) is 0.343. The van der Waals surface area contributed by atoms with Crippen LogP contribution in [-0.2, 0) is 6.42 Å². The molecule has 2 aliphatic rings. The Labute approximate surface area is 225 Å². The van der Waals surface area contributed by atoms with Gasteiger partial charge in [0.05, 0.1) is 18.5 Å². The molecule has 3 heterocycles. The van der Waals surface area contributed by atoms with Crippen LogP contribution in [0, 0.1) is 5.82 Å². The standard InChI is InChI=1S/C28H29ClFN7O/c1-31-20-11-12-36(14-20)27-22-9-8-21(17-3-5-18(30)6-4-17)26(22)34-28(35-27)33-19-7-10-23(24(13-19)38-2)37-15-25(29)32-16-37/h3-7,10,13,15-16,20-21,31H,8-9,11-12,14H2,1-2H3,(H,33,34,35). The molecule has 0 bridgehead atoms. The van der Waals surface area contributed by atoms with Crippen molar-refractivity contribution in [3.63, 3.8) is 0 Å². The van der Waals surface area contributed by atoms with E-state index in [2.05, 4.69) is 20.5 Å². The van der Waals surface area contributed by atoms with Crippen LogP contribution in [0.15, 0.2) is 55.0 Å². The van der Waals surface area contributed by atoms with Gasteiger partial charge in [-0.25, -0.2) is 14.4 Å². The molecule has 6 rings (SSSR count). The third-order valence-corrected chi connectivity index (χ3v) is 7.66. The minimum atomic E-state index is -0.233. The Morgan fingerprint density at radius 1 is 1.11 bits per heavy atom. The van der Waals surface area contributed by atoms with Gasteiger partial charge in [0.25, 0.3) is 0 Å². The summed E-state index contributed by atoms with van der Waals surface area (Å²) in [6.07, 6.45) is 6.26. The average Bonchev–Trinajstić information content (AvgIpc) is 3.68. The highest BCUT2D eigenvalue weighted by Gasteiger charge is 2.33. The fraction of sp³-hybridized carbons (Fsp3) is 0.321. The van der Waals surface area contributed by atoms with Gasteiger partial charge in [0, 0.05) is 48.6 Å². The Morgan fingerprint density at radius 2 is 1.95 bits per heavy atom. The first-order valence-corrected chi connectivity index (χ1v) is 13.1. The van der Waals surface area contributed by atoms with Crippen molar-refractivity contribution in [2.24, 2.45) is 0 Å². The Balaban J connectivity index is 1.37. The van der Waals surface area contributed by atoms with Crippen LogP contribution >= 0.6 is 11.6 Å². The smallest absolute Gasteiger partial charge is 0.229 e. The van der Waals surface area contributed by atoms with Gasteiger partial charge in [-0.1, -0.05) is 23.7 Å². The SMILES string of the molecule is CNC1CCN(c2nc(Nc3ccc(-n4cnc(Cl)c4)c(OC)c3)nc3c2CCC3c2ccc(F)cc2)C1. The predicted molar refractivity (Wildman–Crippen MR) is 147 cm³/mol. The number of fused-ring (bicyclic) bond motifs is 1. The third kappa shape index (κ3) is 4.68. The number of methoxy groups -OCH3 is 1. The van der Waals surface area contributed by atoms with Crippen LogP contribution in [0.2, 0.25) is 5.15 Å². The zero-order valence-electron chi connectivity index (χ0n) is 21.3. The number of imidazole rings is 1. The Kier molecular flexibility index (Phi) is 6.63. The van der Waals surface area contributed by atoms with E-state index in [1.165, 1.54) is 17.7 Å². The van der Waals surface area contributed by atoms with E-state index in [4.69, 9.17) is 26.3 Å². The van der Waals surface area contributed by atoms with Gasteiger partial charge >= 0.3 is 0 Å². The van der Waals surface area contributed by atoms with Gasteiger partial charge in [-0.05, 0) is 56.1 Å². The number of benzene rings is 2. The number of anilines is 3. The van der Waals surface area contributed by atoms with E-state index in [1.807, 2.05) is 41.9 Å². The molecule has 4 aromatic rings. The van der Waals surface area contributed by atoms with Crippen molar-refractivity contribution >= 4 is 29.1 Å². The van der Waals surface area contributed by atoms with Crippen LogP contribution in [0.4, 0.5) is 21.8 Å². The van der Waals surface area contributed by atoms with Crippen molar-refractivity contribution in [2.45, 2.75) is 31.2 Å². The maximum absolute atomic E-state index is 13.6. The van der Waals surface area contributed by atoms with Crippen LogP contribution in [-0.4, -0.2) is 52.8 Å². The number of rotatable bonds is 7. The second-order valence-electron chi connectivity index (χ2n) is 9.71. The first-order valence-electron chi connectivity index (χ1n) is 12.8. The number of hydrogen-bond acceptors (Lipinski definition) is 7. The molecule has 2 aromatic heterocycles. The minimum Gasteiger partial charge on any atom is -0.494 e. The van der Waals surface area contributed by atoms with Gasteiger partial charge in [0.2, 0.25) is 5.95 Å². The van der Waals surface area contributed by atoms with Gasteiger partial charge in [0.1, 0.15) is 28.9 Å². The van der Waals surface area contributed by atoms with Crippen LogP contribution in [0.1, 0.15) is 35.6 Å². The lowest BCUT2D eigenvalue weighted by Crippen LogP contribution is -2.30. The summed E-state index contributed by atoms with van der Waals surface area (Å²) in [5.41, 5.74) is 4.88. The van der Waals surface area contributed by atoms with Crippen LogP contribution in [0.5, 0.6) is 5.75 Å². The molecule has 38 heavy (non-hydrogen) atoms. The number of ether oxygens (including phenoxy) is 1. The van der Waals surface area contributed by atoms with Crippen LogP contribution in [0.25, 0.3) is 5.69 Å². The maximum atomic E-state index is 13.6. The molecule has 1 aliphatic carbocycles. The molecule has 2 N–H and O–H groups in total. The highest BCUT2D eigenvalue weighted by molar-refractivity contribution is 6.29. The van der Waals surface area contributed by atoms with Crippen molar-refractivity contribution < 1.29 is 9.13 Å². The Morgan fingerprint density at radius 3 is 2.66 bits per heavy atom. The fourth-order valence-electron chi connectivity index (χ4n) is 5.50. The molecule has 0 saturated carbocycles. The Bertz CT molecular complexity index is 1460. The van der Waals surface area contributed by atoms with E-state index in [9.17, 15) is 4.39 Å². The van der Waals surface area contributed by atoms with Crippen molar-refractivity contribution in [3.05, 3.63) is 82.8 Å². The van der Waals surface area contributed by atoms with Crippen molar-refractivity contribution in [2.75, 3.05) is 37.5 Å². The lowest BCUT2D eigenvalue weighted by molar-refractivity contribution is 0.413. The summed E-state index contributed by atoms with van der Waals surface area (Å²) in [6.45, 7) is 1.84. The zero-order chi connectivity index (χ0) is 26.2. The van der Waals surface area contributed by atoms with Crippen molar-refractivity contribution in [1.29, 1.82) is 0 Å². The molecule has 1 aliphatic heterocycles. The van der Waals surface area contributed by atoms with Gasteiger partial charge in [0.15, 0.2) is 0 Å². The number of nitrogens with zero attached hydrogens (tertiary/aromatic N) is 5. The molecule has 10 heteroatoms. The highest BCUT2D eigenvalue weighted by Crippen LogP contribution is 2.42. The van der Waals surface area contributed by atoms with E-state index in [0.717, 1.165) is 60.8 Å². The molecule has 0 spiro atoms. The lowest BCUT2D eigenvalue weighted by atomic mass is 9.97. The molecule has 1 saturated heterocycles. The molecular formula is C28H29ClFN7O. The van der Waals surface area contributed by atoms with E-state index in [1.54, 1.807) is 19.6 Å². The maximum Gasteiger partial charge on any atom is 0.229 e. The fourth-order valence-corrected chi connectivity index (χ4v) is 5.64. The van der Waals surface area contributed by atoms with E-state index in [-0.39, 0.29) is 11.7 Å². The minimum absolute atomic E-state index is 0.0958. The van der Waals surface area contributed by atoms with Crippen molar-refractivity contribution in [3.8, 4) is 11.4 Å². The van der Waals surface area contributed by atoms with Gasteiger partial charge in [-0.3, -0.25) is 0 Å². The second kappa shape index (κ2) is 10.2. The number of likely N-dealkylation sites (N-methyl/N-ethyl adjacent to an activating group) is 1. The number of halogens is 2. The largest absolute Gasteiger partial charge is 0.494 e. The first-order chi connectivity index (χ1) is 18.5. The molecule has 0 amide bonds. The highest BCUT2D eigenvalue weighted by atomic mass is 35.5. The number of aromatic nitrogens is 4.